The molecule has 5 nitrogen and oxygen atoms in total. The first-order chi connectivity index (χ1) is 7.81. The van der Waals surface area contributed by atoms with Gasteiger partial charge < -0.3 is 19.8 Å². The molecule has 0 aromatic carbocycles. The van der Waals surface area contributed by atoms with Crippen LogP contribution in [-0.2, 0) is 4.74 Å². The molecule has 0 radical (unpaired) electrons. The molecule has 0 aliphatic carbocycles. The van der Waals surface area contributed by atoms with Crippen LogP contribution in [0.5, 0.6) is 0 Å². The molecule has 1 aliphatic heterocycles. The largest absolute Gasteiger partial charge is 0.444 e. The Morgan fingerprint density at radius 1 is 1.47 bits per heavy atom. The molecule has 1 heterocycles. The first-order valence-electron chi connectivity index (χ1n) is 6.08. The van der Waals surface area contributed by atoms with Crippen LogP contribution in [-0.4, -0.2) is 52.6 Å². The van der Waals surface area contributed by atoms with Gasteiger partial charge in [-0.3, -0.25) is 0 Å². The van der Waals surface area contributed by atoms with E-state index in [-0.39, 0.29) is 18.6 Å². The van der Waals surface area contributed by atoms with Crippen molar-refractivity contribution in [2.75, 3.05) is 19.7 Å². The maximum Gasteiger partial charge on any atom is 0.410 e. The maximum atomic E-state index is 11.9. The second kappa shape index (κ2) is 5.69. The molecule has 0 unspecified atom stereocenters. The molecule has 0 aromatic rings. The summed E-state index contributed by atoms with van der Waals surface area (Å²) in [6.07, 6.45) is 0.260. The molecule has 1 fully saturated rings. The van der Waals surface area contributed by atoms with E-state index in [9.17, 15) is 15.0 Å². The highest BCUT2D eigenvalue weighted by Crippen LogP contribution is 2.19. The monoisotopic (exact) mass is 245 g/mol. The molecule has 0 spiro atoms. The Labute approximate surface area is 102 Å². The summed E-state index contributed by atoms with van der Waals surface area (Å²) < 4.78 is 5.28. The number of carbonyl (C=O) groups excluding carboxylic acids is 1. The van der Waals surface area contributed by atoms with Crippen molar-refractivity contribution in [3.63, 3.8) is 0 Å². The zero-order chi connectivity index (χ0) is 13.1. The SMILES string of the molecule is CC(C)(C)OC(=O)N1CC[C@@H](O)C[C@@H](CO)C1. The number of amides is 1. The molecule has 2 N–H and O–H groups in total. The predicted molar refractivity (Wildman–Crippen MR) is 63.6 cm³/mol. The topological polar surface area (TPSA) is 70.0 Å². The van der Waals surface area contributed by atoms with Crippen LogP contribution in [0.4, 0.5) is 4.79 Å². The van der Waals surface area contributed by atoms with E-state index in [2.05, 4.69) is 0 Å². The molecule has 0 aromatic heterocycles. The highest BCUT2D eigenvalue weighted by molar-refractivity contribution is 5.68. The normalized spacial score (nSPS) is 26.5. The Balaban J connectivity index is 2.60. The minimum absolute atomic E-state index is 0.0175. The van der Waals surface area contributed by atoms with E-state index in [1.54, 1.807) is 4.90 Å². The van der Waals surface area contributed by atoms with Gasteiger partial charge in [0.15, 0.2) is 0 Å². The third kappa shape index (κ3) is 4.91. The molecule has 0 bridgehead atoms. The summed E-state index contributed by atoms with van der Waals surface area (Å²) in [6.45, 7) is 6.37. The number of carbonyl (C=O) groups is 1. The summed E-state index contributed by atoms with van der Waals surface area (Å²) in [6, 6.07) is 0. The van der Waals surface area contributed by atoms with Gasteiger partial charge in [-0.1, -0.05) is 0 Å². The lowest BCUT2D eigenvalue weighted by Gasteiger charge is -2.27. The first-order valence-corrected chi connectivity index (χ1v) is 6.08. The molecular weight excluding hydrogens is 222 g/mol. The van der Waals surface area contributed by atoms with Gasteiger partial charge in [0.05, 0.1) is 6.10 Å². The third-order valence-corrected chi connectivity index (χ3v) is 2.73. The van der Waals surface area contributed by atoms with Gasteiger partial charge in [-0.05, 0) is 33.6 Å². The fourth-order valence-corrected chi connectivity index (χ4v) is 1.91. The van der Waals surface area contributed by atoms with E-state index in [0.29, 0.717) is 25.9 Å². The predicted octanol–water partition coefficient (Wildman–Crippen LogP) is 0.987. The number of likely N-dealkylation sites (tertiary alicyclic amines) is 1. The lowest BCUT2D eigenvalue weighted by atomic mass is 10.0. The van der Waals surface area contributed by atoms with Crippen molar-refractivity contribution >= 4 is 6.09 Å². The molecule has 0 saturated carbocycles. The average molecular weight is 245 g/mol. The number of nitrogens with zero attached hydrogens (tertiary/aromatic N) is 1. The van der Waals surface area contributed by atoms with E-state index >= 15 is 0 Å². The Morgan fingerprint density at radius 3 is 2.65 bits per heavy atom. The molecule has 1 rings (SSSR count). The quantitative estimate of drug-likeness (QED) is 0.722. The molecule has 1 saturated heterocycles. The second-order valence-electron chi connectivity index (χ2n) is 5.65. The van der Waals surface area contributed by atoms with Crippen LogP contribution in [0.25, 0.3) is 0 Å². The van der Waals surface area contributed by atoms with Gasteiger partial charge in [0, 0.05) is 25.6 Å². The van der Waals surface area contributed by atoms with Gasteiger partial charge in [-0.25, -0.2) is 4.79 Å². The van der Waals surface area contributed by atoms with E-state index in [4.69, 9.17) is 4.74 Å². The van der Waals surface area contributed by atoms with Gasteiger partial charge in [0.2, 0.25) is 0 Å². The van der Waals surface area contributed by atoms with E-state index in [0.717, 1.165) is 0 Å². The minimum atomic E-state index is -0.517. The van der Waals surface area contributed by atoms with Crippen molar-refractivity contribution in [1.29, 1.82) is 0 Å². The van der Waals surface area contributed by atoms with Crippen LogP contribution in [0, 0.1) is 5.92 Å². The van der Waals surface area contributed by atoms with Crippen molar-refractivity contribution in [2.45, 2.75) is 45.3 Å². The van der Waals surface area contributed by atoms with Gasteiger partial charge >= 0.3 is 6.09 Å². The number of hydrogen-bond acceptors (Lipinski definition) is 4. The van der Waals surface area contributed by atoms with E-state index in [1.165, 1.54) is 0 Å². The lowest BCUT2D eigenvalue weighted by Crippen LogP contribution is -2.39. The van der Waals surface area contributed by atoms with Crippen LogP contribution in [0.1, 0.15) is 33.6 Å². The van der Waals surface area contributed by atoms with Crippen LogP contribution < -0.4 is 0 Å². The maximum absolute atomic E-state index is 11.9. The Bertz CT molecular complexity index is 262. The van der Waals surface area contributed by atoms with Gasteiger partial charge in [0.25, 0.3) is 0 Å². The van der Waals surface area contributed by atoms with Crippen molar-refractivity contribution in [3.8, 4) is 0 Å². The molecule has 17 heavy (non-hydrogen) atoms. The number of ether oxygens (including phenoxy) is 1. The summed E-state index contributed by atoms with van der Waals surface area (Å²) in [4.78, 5) is 13.4. The minimum Gasteiger partial charge on any atom is -0.444 e. The second-order valence-corrected chi connectivity index (χ2v) is 5.65. The number of aliphatic hydroxyl groups excluding tert-OH is 2. The summed E-state index contributed by atoms with van der Waals surface area (Å²) in [5, 5.41) is 18.8. The van der Waals surface area contributed by atoms with Gasteiger partial charge in [-0.2, -0.15) is 0 Å². The standard InChI is InChI=1S/C12H23NO4/c1-12(2,3)17-11(16)13-5-4-10(15)6-9(7-13)8-14/h9-10,14-15H,4-8H2,1-3H3/t9-,10-/m1/s1. The molecule has 1 aliphatic rings. The van der Waals surface area contributed by atoms with Crippen LogP contribution in [0.3, 0.4) is 0 Å². The summed E-state index contributed by atoms with van der Waals surface area (Å²) in [5.74, 6) is -0.0694. The lowest BCUT2D eigenvalue weighted by molar-refractivity contribution is 0.0218. The van der Waals surface area contributed by atoms with Crippen LogP contribution >= 0.6 is 0 Å². The molecular formula is C12H23NO4. The summed E-state index contributed by atoms with van der Waals surface area (Å²) in [7, 11) is 0. The molecule has 5 heteroatoms. The van der Waals surface area contributed by atoms with Crippen molar-refractivity contribution in [3.05, 3.63) is 0 Å². The van der Waals surface area contributed by atoms with Gasteiger partial charge in [0.1, 0.15) is 5.60 Å². The van der Waals surface area contributed by atoms with E-state index < -0.39 is 11.7 Å². The number of rotatable bonds is 1. The summed E-state index contributed by atoms with van der Waals surface area (Å²) in [5.41, 5.74) is -0.517. The number of aliphatic hydroxyl groups is 2. The smallest absolute Gasteiger partial charge is 0.410 e. The van der Waals surface area contributed by atoms with Crippen LogP contribution in [0.15, 0.2) is 0 Å². The molecule has 1 amide bonds. The Kier molecular flexibility index (Phi) is 4.77. The van der Waals surface area contributed by atoms with Crippen molar-refractivity contribution in [2.24, 2.45) is 5.92 Å². The number of hydrogen-bond donors (Lipinski definition) is 2. The zero-order valence-electron chi connectivity index (χ0n) is 10.8. The fraction of sp³-hybridized carbons (Fsp3) is 0.917. The van der Waals surface area contributed by atoms with Gasteiger partial charge in [-0.15, -0.1) is 0 Å². The fourth-order valence-electron chi connectivity index (χ4n) is 1.91. The first kappa shape index (κ1) is 14.3. The third-order valence-electron chi connectivity index (χ3n) is 2.73. The molecule has 100 valence electrons. The Morgan fingerprint density at radius 2 is 2.12 bits per heavy atom. The van der Waals surface area contributed by atoms with Crippen molar-refractivity contribution < 1.29 is 19.7 Å². The highest BCUT2D eigenvalue weighted by atomic mass is 16.6. The average Bonchev–Trinajstić information content (AvgIpc) is 2.37. The van der Waals surface area contributed by atoms with Crippen LogP contribution in [0.2, 0.25) is 0 Å². The summed E-state index contributed by atoms with van der Waals surface area (Å²) >= 11 is 0. The molecule has 2 atom stereocenters. The van der Waals surface area contributed by atoms with Crippen molar-refractivity contribution in [1.82, 2.24) is 4.90 Å². The zero-order valence-corrected chi connectivity index (χ0v) is 10.8. The van der Waals surface area contributed by atoms with E-state index in [1.807, 2.05) is 20.8 Å². The highest BCUT2D eigenvalue weighted by Gasteiger charge is 2.28. The Hall–Kier alpha value is -0.810.